The van der Waals surface area contributed by atoms with Crippen LogP contribution in [-0.4, -0.2) is 11.1 Å². The SMILES string of the molecule is Cc1ccc(NC(=O)c2noc(C)c2COc2ccc(C)c(C)c2)c(C)c1. The van der Waals surface area contributed by atoms with E-state index in [0.717, 1.165) is 28.1 Å². The topological polar surface area (TPSA) is 64.4 Å². The molecule has 1 N–H and O–H groups in total. The Morgan fingerprint density at radius 2 is 1.78 bits per heavy atom. The summed E-state index contributed by atoms with van der Waals surface area (Å²) in [4.78, 5) is 12.7. The van der Waals surface area contributed by atoms with E-state index in [1.54, 1.807) is 6.92 Å². The summed E-state index contributed by atoms with van der Waals surface area (Å²) in [7, 11) is 0. The molecule has 0 bridgehead atoms. The summed E-state index contributed by atoms with van der Waals surface area (Å²) in [5.41, 5.74) is 6.15. The number of aryl methyl sites for hydroxylation is 5. The zero-order valence-electron chi connectivity index (χ0n) is 16.3. The van der Waals surface area contributed by atoms with E-state index in [0.29, 0.717) is 11.3 Å². The average molecular weight is 364 g/mol. The number of nitrogens with one attached hydrogen (secondary N) is 1. The Labute approximate surface area is 159 Å². The molecule has 3 rings (SSSR count). The molecule has 0 fully saturated rings. The molecule has 1 heterocycles. The van der Waals surface area contributed by atoms with Crippen LogP contribution in [0, 0.1) is 34.6 Å². The molecule has 0 radical (unpaired) electrons. The number of amides is 1. The largest absolute Gasteiger partial charge is 0.489 e. The van der Waals surface area contributed by atoms with Crippen LogP contribution in [0.3, 0.4) is 0 Å². The molecule has 0 spiro atoms. The lowest BCUT2D eigenvalue weighted by Gasteiger charge is -2.10. The Morgan fingerprint density at radius 3 is 2.48 bits per heavy atom. The van der Waals surface area contributed by atoms with Gasteiger partial charge in [-0.15, -0.1) is 0 Å². The van der Waals surface area contributed by atoms with Crippen molar-refractivity contribution in [1.29, 1.82) is 0 Å². The van der Waals surface area contributed by atoms with Gasteiger partial charge in [-0.25, -0.2) is 0 Å². The highest BCUT2D eigenvalue weighted by atomic mass is 16.5. The maximum atomic E-state index is 12.7. The number of hydrogen-bond acceptors (Lipinski definition) is 4. The predicted molar refractivity (Wildman–Crippen MR) is 105 cm³/mol. The Kier molecular flexibility index (Phi) is 5.31. The number of rotatable bonds is 5. The zero-order chi connectivity index (χ0) is 19.6. The second-order valence-corrected chi connectivity index (χ2v) is 6.87. The number of nitrogens with zero attached hydrogens (tertiary/aromatic N) is 1. The first-order chi connectivity index (χ1) is 12.8. The average Bonchev–Trinajstić information content (AvgIpc) is 2.99. The minimum atomic E-state index is -0.308. The zero-order valence-corrected chi connectivity index (χ0v) is 16.3. The van der Waals surface area contributed by atoms with Crippen molar-refractivity contribution in [2.24, 2.45) is 0 Å². The number of aromatic nitrogens is 1. The van der Waals surface area contributed by atoms with E-state index in [1.165, 1.54) is 5.56 Å². The molecule has 0 unspecified atom stereocenters. The molecule has 1 amide bonds. The number of carbonyl (C=O) groups excluding carboxylic acids is 1. The predicted octanol–water partition coefficient (Wildman–Crippen LogP) is 5.05. The van der Waals surface area contributed by atoms with Crippen molar-refractivity contribution in [1.82, 2.24) is 5.16 Å². The molecule has 1 aromatic heterocycles. The molecule has 0 atom stereocenters. The second-order valence-electron chi connectivity index (χ2n) is 6.87. The van der Waals surface area contributed by atoms with Crippen molar-refractivity contribution in [2.75, 3.05) is 5.32 Å². The van der Waals surface area contributed by atoms with Gasteiger partial charge < -0.3 is 14.6 Å². The quantitative estimate of drug-likeness (QED) is 0.688. The van der Waals surface area contributed by atoms with Gasteiger partial charge >= 0.3 is 0 Å². The number of ether oxygens (including phenoxy) is 1. The molecule has 2 aromatic carbocycles. The van der Waals surface area contributed by atoms with Crippen molar-refractivity contribution in [2.45, 2.75) is 41.2 Å². The maximum absolute atomic E-state index is 12.7. The van der Waals surface area contributed by atoms with E-state index in [1.807, 2.05) is 57.2 Å². The molecule has 27 heavy (non-hydrogen) atoms. The number of benzene rings is 2. The summed E-state index contributed by atoms with van der Waals surface area (Å²) in [6.45, 7) is 10.1. The highest BCUT2D eigenvalue weighted by molar-refractivity contribution is 6.04. The van der Waals surface area contributed by atoms with Gasteiger partial charge in [0.25, 0.3) is 5.91 Å². The smallest absolute Gasteiger partial charge is 0.278 e. The van der Waals surface area contributed by atoms with Crippen LogP contribution in [-0.2, 0) is 6.61 Å². The van der Waals surface area contributed by atoms with Crippen LogP contribution in [0.5, 0.6) is 5.75 Å². The summed E-state index contributed by atoms with van der Waals surface area (Å²) in [5.74, 6) is 1.02. The lowest BCUT2D eigenvalue weighted by molar-refractivity contribution is 0.101. The fourth-order valence-corrected chi connectivity index (χ4v) is 2.83. The summed E-state index contributed by atoms with van der Waals surface area (Å²) < 4.78 is 11.1. The lowest BCUT2D eigenvalue weighted by atomic mass is 10.1. The Bertz CT molecular complexity index is 989. The molecule has 3 aromatic rings. The van der Waals surface area contributed by atoms with Gasteiger partial charge in [0, 0.05) is 5.69 Å². The summed E-state index contributed by atoms with van der Waals surface area (Å²) in [5, 5.41) is 6.84. The minimum Gasteiger partial charge on any atom is -0.489 e. The Morgan fingerprint density at radius 1 is 1.00 bits per heavy atom. The fraction of sp³-hybridized carbons (Fsp3) is 0.273. The molecule has 0 aliphatic heterocycles. The lowest BCUT2D eigenvalue weighted by Crippen LogP contribution is -2.16. The van der Waals surface area contributed by atoms with E-state index >= 15 is 0 Å². The monoisotopic (exact) mass is 364 g/mol. The van der Waals surface area contributed by atoms with Crippen molar-refractivity contribution in [3.8, 4) is 5.75 Å². The van der Waals surface area contributed by atoms with Crippen LogP contribution in [0.2, 0.25) is 0 Å². The first kappa shape index (κ1) is 18.7. The van der Waals surface area contributed by atoms with E-state index in [-0.39, 0.29) is 18.2 Å². The summed E-state index contributed by atoms with van der Waals surface area (Å²) >= 11 is 0. The first-order valence-corrected chi connectivity index (χ1v) is 8.89. The Balaban J connectivity index is 1.77. The molecule has 140 valence electrons. The summed E-state index contributed by atoms with van der Waals surface area (Å²) in [6.07, 6.45) is 0. The van der Waals surface area contributed by atoms with Gasteiger partial charge in [0.1, 0.15) is 18.1 Å². The van der Waals surface area contributed by atoms with Gasteiger partial charge in [-0.05, 0) is 69.5 Å². The van der Waals surface area contributed by atoms with Crippen molar-refractivity contribution in [3.05, 3.63) is 75.7 Å². The molecule has 5 nitrogen and oxygen atoms in total. The van der Waals surface area contributed by atoms with Crippen LogP contribution in [0.15, 0.2) is 40.9 Å². The van der Waals surface area contributed by atoms with E-state index in [2.05, 4.69) is 17.4 Å². The summed E-state index contributed by atoms with van der Waals surface area (Å²) in [6, 6.07) is 11.8. The van der Waals surface area contributed by atoms with Crippen LogP contribution < -0.4 is 10.1 Å². The molecule has 0 saturated carbocycles. The van der Waals surface area contributed by atoms with Gasteiger partial charge in [-0.1, -0.05) is 28.9 Å². The van der Waals surface area contributed by atoms with Crippen LogP contribution >= 0.6 is 0 Å². The number of hydrogen-bond donors (Lipinski definition) is 1. The van der Waals surface area contributed by atoms with Gasteiger partial charge in [-0.2, -0.15) is 0 Å². The van der Waals surface area contributed by atoms with E-state index < -0.39 is 0 Å². The highest BCUT2D eigenvalue weighted by Gasteiger charge is 2.21. The van der Waals surface area contributed by atoms with E-state index in [9.17, 15) is 4.79 Å². The Hall–Kier alpha value is -3.08. The van der Waals surface area contributed by atoms with Gasteiger partial charge in [-0.3, -0.25) is 4.79 Å². The molecular formula is C22H24N2O3. The third kappa shape index (κ3) is 4.19. The van der Waals surface area contributed by atoms with Crippen molar-refractivity contribution < 1.29 is 14.1 Å². The highest BCUT2D eigenvalue weighted by Crippen LogP contribution is 2.22. The third-order valence-electron chi connectivity index (χ3n) is 4.69. The van der Waals surface area contributed by atoms with Gasteiger partial charge in [0.2, 0.25) is 0 Å². The molecule has 0 aliphatic carbocycles. The van der Waals surface area contributed by atoms with Gasteiger partial charge in [0.15, 0.2) is 5.69 Å². The molecule has 0 aliphatic rings. The maximum Gasteiger partial charge on any atom is 0.278 e. The minimum absolute atomic E-state index is 0.216. The normalized spacial score (nSPS) is 10.7. The van der Waals surface area contributed by atoms with E-state index in [4.69, 9.17) is 9.26 Å². The second kappa shape index (κ2) is 7.66. The number of anilines is 1. The first-order valence-electron chi connectivity index (χ1n) is 8.89. The fourth-order valence-electron chi connectivity index (χ4n) is 2.83. The van der Waals surface area contributed by atoms with Crippen LogP contribution in [0.4, 0.5) is 5.69 Å². The molecular weight excluding hydrogens is 340 g/mol. The van der Waals surface area contributed by atoms with Crippen LogP contribution in [0.25, 0.3) is 0 Å². The number of carbonyl (C=O) groups is 1. The third-order valence-corrected chi connectivity index (χ3v) is 4.69. The standard InChI is InChI=1S/C22H24N2O3/c1-13-6-9-20(16(4)10-13)23-22(25)21-19(17(5)27-24-21)12-26-18-8-7-14(2)15(3)11-18/h6-11H,12H2,1-5H3,(H,23,25). The van der Waals surface area contributed by atoms with Gasteiger partial charge in [0.05, 0.1) is 5.56 Å². The molecule has 0 saturated heterocycles. The van der Waals surface area contributed by atoms with Crippen LogP contribution in [0.1, 0.15) is 44.1 Å². The van der Waals surface area contributed by atoms with Crippen molar-refractivity contribution in [3.63, 3.8) is 0 Å². The molecule has 5 heteroatoms. The van der Waals surface area contributed by atoms with Crippen molar-refractivity contribution >= 4 is 11.6 Å².